The molecule has 76 valence electrons. The minimum Gasteiger partial charge on any atom is -0.377 e. The summed E-state index contributed by atoms with van der Waals surface area (Å²) in [5.41, 5.74) is 2.13. The highest BCUT2D eigenvalue weighted by Gasteiger charge is 2.27. The van der Waals surface area contributed by atoms with Crippen molar-refractivity contribution in [2.75, 3.05) is 18.5 Å². The minimum absolute atomic E-state index is 0.197. The Bertz CT molecular complexity index is 316. The number of ether oxygens (including phenoxy) is 1. The zero-order valence-electron chi connectivity index (χ0n) is 8.16. The lowest BCUT2D eigenvalue weighted by molar-refractivity contribution is 0.173. The average Bonchev–Trinajstić information content (AvgIpc) is 2.52. The van der Waals surface area contributed by atoms with Gasteiger partial charge in [0.15, 0.2) is 0 Å². The molecular weight excluding hydrogens is 181 g/mol. The number of hydrogen-bond donors (Lipinski definition) is 1. The smallest absolute Gasteiger partial charge is 0.146 e. The molecule has 2 rings (SSSR count). The maximum Gasteiger partial charge on any atom is 0.146 e. The van der Waals surface area contributed by atoms with Gasteiger partial charge in [0.1, 0.15) is 6.17 Å². The van der Waals surface area contributed by atoms with Gasteiger partial charge in [0.2, 0.25) is 0 Å². The third-order valence-corrected chi connectivity index (χ3v) is 2.38. The molecule has 2 atom stereocenters. The summed E-state index contributed by atoms with van der Waals surface area (Å²) in [5, 5.41) is 3.13. The standard InChI is InChI=1S/C11H14FNO/c1-8-3-2-4-9(5-8)13-11-7-14-6-10(11)12/h2-5,10-11,13H,6-7H2,1H3/t10-,11-/m1/s1. The average molecular weight is 195 g/mol. The molecule has 0 bridgehead atoms. The normalized spacial score (nSPS) is 26.4. The monoisotopic (exact) mass is 195 g/mol. The highest BCUT2D eigenvalue weighted by molar-refractivity contribution is 5.46. The van der Waals surface area contributed by atoms with Gasteiger partial charge in [0, 0.05) is 5.69 Å². The lowest BCUT2D eigenvalue weighted by Gasteiger charge is -2.14. The first-order chi connectivity index (χ1) is 6.75. The fourth-order valence-corrected chi connectivity index (χ4v) is 1.61. The van der Waals surface area contributed by atoms with Crippen LogP contribution < -0.4 is 5.32 Å². The maximum absolute atomic E-state index is 13.2. The van der Waals surface area contributed by atoms with Crippen LogP contribution in [0.1, 0.15) is 5.56 Å². The first-order valence-electron chi connectivity index (χ1n) is 4.81. The highest BCUT2D eigenvalue weighted by atomic mass is 19.1. The first-order valence-corrected chi connectivity index (χ1v) is 4.81. The van der Waals surface area contributed by atoms with Crippen LogP contribution in [0.3, 0.4) is 0 Å². The summed E-state index contributed by atoms with van der Waals surface area (Å²) in [7, 11) is 0. The fraction of sp³-hybridized carbons (Fsp3) is 0.455. The summed E-state index contributed by atoms with van der Waals surface area (Å²) in [4.78, 5) is 0. The lowest BCUT2D eigenvalue weighted by Crippen LogP contribution is -2.28. The Morgan fingerprint density at radius 3 is 2.93 bits per heavy atom. The Kier molecular flexibility index (Phi) is 2.68. The molecule has 1 aromatic carbocycles. The Morgan fingerprint density at radius 1 is 1.43 bits per heavy atom. The molecule has 0 unspecified atom stereocenters. The lowest BCUT2D eigenvalue weighted by atomic mass is 10.2. The molecule has 0 aliphatic carbocycles. The second-order valence-corrected chi connectivity index (χ2v) is 3.67. The molecule has 1 fully saturated rings. The van der Waals surface area contributed by atoms with Gasteiger partial charge in [-0.3, -0.25) is 0 Å². The van der Waals surface area contributed by atoms with Gasteiger partial charge in [-0.25, -0.2) is 4.39 Å². The maximum atomic E-state index is 13.2. The van der Waals surface area contributed by atoms with E-state index in [4.69, 9.17) is 4.74 Å². The van der Waals surface area contributed by atoms with E-state index in [1.54, 1.807) is 0 Å². The summed E-state index contributed by atoms with van der Waals surface area (Å²) in [6.45, 7) is 2.68. The summed E-state index contributed by atoms with van der Waals surface area (Å²) in [6.07, 6.45) is -0.893. The number of anilines is 1. The van der Waals surface area contributed by atoms with Gasteiger partial charge in [-0.2, -0.15) is 0 Å². The topological polar surface area (TPSA) is 21.3 Å². The van der Waals surface area contributed by atoms with Gasteiger partial charge >= 0.3 is 0 Å². The SMILES string of the molecule is Cc1cccc(N[C@@H]2COC[C@H]2F)c1. The molecule has 1 saturated heterocycles. The number of rotatable bonds is 2. The van der Waals surface area contributed by atoms with E-state index in [1.807, 2.05) is 31.2 Å². The van der Waals surface area contributed by atoms with Gasteiger partial charge in [0.05, 0.1) is 19.3 Å². The third kappa shape index (κ3) is 2.04. The molecule has 1 aliphatic heterocycles. The molecule has 0 radical (unpaired) electrons. The number of hydrogen-bond acceptors (Lipinski definition) is 2. The van der Waals surface area contributed by atoms with Crippen LogP contribution in [0.5, 0.6) is 0 Å². The van der Waals surface area contributed by atoms with E-state index < -0.39 is 6.17 Å². The highest BCUT2D eigenvalue weighted by Crippen LogP contribution is 2.17. The van der Waals surface area contributed by atoms with Gasteiger partial charge in [0.25, 0.3) is 0 Å². The van der Waals surface area contributed by atoms with E-state index in [2.05, 4.69) is 5.32 Å². The second-order valence-electron chi connectivity index (χ2n) is 3.67. The second kappa shape index (κ2) is 3.96. The number of benzene rings is 1. The van der Waals surface area contributed by atoms with Crippen molar-refractivity contribution >= 4 is 5.69 Å². The summed E-state index contributed by atoms with van der Waals surface area (Å²) < 4.78 is 18.2. The predicted octanol–water partition coefficient (Wildman–Crippen LogP) is 2.14. The number of alkyl halides is 1. The van der Waals surface area contributed by atoms with E-state index in [1.165, 1.54) is 5.56 Å². The van der Waals surface area contributed by atoms with Crippen LogP contribution in [0.2, 0.25) is 0 Å². The van der Waals surface area contributed by atoms with Crippen molar-refractivity contribution in [1.82, 2.24) is 0 Å². The van der Waals surface area contributed by atoms with Crippen molar-refractivity contribution < 1.29 is 9.13 Å². The predicted molar refractivity (Wildman–Crippen MR) is 54.3 cm³/mol. The van der Waals surface area contributed by atoms with Crippen molar-refractivity contribution in [2.45, 2.75) is 19.1 Å². The van der Waals surface area contributed by atoms with Gasteiger partial charge in [-0.15, -0.1) is 0 Å². The van der Waals surface area contributed by atoms with E-state index in [0.717, 1.165) is 5.69 Å². The molecular formula is C11H14FNO. The molecule has 1 aromatic rings. The first kappa shape index (κ1) is 9.46. The minimum atomic E-state index is -0.893. The van der Waals surface area contributed by atoms with Crippen molar-refractivity contribution in [3.8, 4) is 0 Å². The molecule has 2 nitrogen and oxygen atoms in total. The van der Waals surface area contributed by atoms with E-state index >= 15 is 0 Å². The Morgan fingerprint density at radius 2 is 2.29 bits per heavy atom. The summed E-state index contributed by atoms with van der Waals surface area (Å²) in [5.74, 6) is 0. The molecule has 1 heterocycles. The molecule has 1 aliphatic rings. The third-order valence-electron chi connectivity index (χ3n) is 2.38. The molecule has 0 saturated carbocycles. The molecule has 1 N–H and O–H groups in total. The van der Waals surface area contributed by atoms with Crippen molar-refractivity contribution in [2.24, 2.45) is 0 Å². The van der Waals surface area contributed by atoms with Crippen LogP contribution in [0, 0.1) is 6.92 Å². The van der Waals surface area contributed by atoms with Gasteiger partial charge in [-0.1, -0.05) is 12.1 Å². The molecule has 14 heavy (non-hydrogen) atoms. The summed E-state index contributed by atoms with van der Waals surface area (Å²) >= 11 is 0. The van der Waals surface area contributed by atoms with Crippen LogP contribution in [-0.4, -0.2) is 25.4 Å². The van der Waals surface area contributed by atoms with E-state index in [0.29, 0.717) is 6.61 Å². The van der Waals surface area contributed by atoms with Gasteiger partial charge < -0.3 is 10.1 Å². The van der Waals surface area contributed by atoms with Crippen LogP contribution in [-0.2, 0) is 4.74 Å². The number of halogens is 1. The molecule has 0 spiro atoms. The zero-order chi connectivity index (χ0) is 9.97. The van der Waals surface area contributed by atoms with Crippen LogP contribution in [0.25, 0.3) is 0 Å². The van der Waals surface area contributed by atoms with Gasteiger partial charge in [-0.05, 0) is 24.6 Å². The number of aryl methyl sites for hydroxylation is 1. The molecule has 0 aromatic heterocycles. The van der Waals surface area contributed by atoms with Crippen molar-refractivity contribution in [3.63, 3.8) is 0 Å². The van der Waals surface area contributed by atoms with Crippen LogP contribution in [0.15, 0.2) is 24.3 Å². The van der Waals surface area contributed by atoms with E-state index in [9.17, 15) is 4.39 Å². The number of nitrogens with one attached hydrogen (secondary N) is 1. The van der Waals surface area contributed by atoms with Crippen molar-refractivity contribution in [1.29, 1.82) is 0 Å². The van der Waals surface area contributed by atoms with Crippen LogP contribution >= 0.6 is 0 Å². The Balaban J connectivity index is 2.03. The largest absolute Gasteiger partial charge is 0.377 e. The Labute approximate surface area is 83.1 Å². The zero-order valence-corrected chi connectivity index (χ0v) is 8.16. The molecule has 0 amide bonds. The fourth-order valence-electron chi connectivity index (χ4n) is 1.61. The van der Waals surface area contributed by atoms with E-state index in [-0.39, 0.29) is 12.6 Å². The quantitative estimate of drug-likeness (QED) is 0.780. The Hall–Kier alpha value is -1.09. The molecule has 3 heteroatoms. The van der Waals surface area contributed by atoms with Crippen LogP contribution in [0.4, 0.5) is 10.1 Å². The summed E-state index contributed by atoms with van der Waals surface area (Å²) in [6, 6.07) is 7.73. The van der Waals surface area contributed by atoms with Crippen molar-refractivity contribution in [3.05, 3.63) is 29.8 Å².